The number of methoxy groups -OCH3 is 2. The van der Waals surface area contributed by atoms with E-state index in [1.807, 2.05) is 0 Å². The highest BCUT2D eigenvalue weighted by Crippen LogP contribution is 2.36. The van der Waals surface area contributed by atoms with Crippen molar-refractivity contribution in [2.75, 3.05) is 19.5 Å². The second kappa shape index (κ2) is 6.65. The summed E-state index contributed by atoms with van der Waals surface area (Å²) in [5.41, 5.74) is 0.578. The van der Waals surface area contributed by atoms with Gasteiger partial charge in [0.25, 0.3) is 5.91 Å². The van der Waals surface area contributed by atoms with Crippen LogP contribution in [0.2, 0.25) is 10.2 Å². The quantitative estimate of drug-likeness (QED) is 0.871. The Bertz CT molecular complexity index is 677. The number of benzene rings is 1. The average Bonchev–Trinajstić information content (AvgIpc) is 2.48. The molecule has 21 heavy (non-hydrogen) atoms. The zero-order valence-electron chi connectivity index (χ0n) is 11.3. The summed E-state index contributed by atoms with van der Waals surface area (Å²) >= 11 is 11.9. The molecule has 2 aromatic rings. The summed E-state index contributed by atoms with van der Waals surface area (Å²) in [6.45, 7) is 0. The Morgan fingerprint density at radius 2 is 1.81 bits per heavy atom. The first kappa shape index (κ1) is 15.4. The van der Waals surface area contributed by atoms with Crippen LogP contribution in [-0.4, -0.2) is 25.1 Å². The minimum absolute atomic E-state index is 0.188. The second-order valence-electron chi connectivity index (χ2n) is 3.99. The van der Waals surface area contributed by atoms with Crippen molar-refractivity contribution in [2.24, 2.45) is 0 Å². The Balaban J connectivity index is 2.29. The molecule has 1 amide bonds. The lowest BCUT2D eigenvalue weighted by molar-refractivity contribution is 0.102. The molecule has 0 saturated heterocycles. The highest BCUT2D eigenvalue weighted by molar-refractivity contribution is 6.34. The fraction of sp³-hybridized carbons (Fsp3) is 0.143. The van der Waals surface area contributed by atoms with Gasteiger partial charge in [-0.1, -0.05) is 29.3 Å². The third-order valence-electron chi connectivity index (χ3n) is 2.67. The van der Waals surface area contributed by atoms with Gasteiger partial charge in [-0.3, -0.25) is 4.79 Å². The third kappa shape index (κ3) is 3.56. The van der Waals surface area contributed by atoms with E-state index in [0.717, 1.165) is 0 Å². The average molecular weight is 327 g/mol. The number of hydrogen-bond donors (Lipinski definition) is 1. The highest BCUT2D eigenvalue weighted by Gasteiger charge is 2.14. The third-order valence-corrected chi connectivity index (χ3v) is 3.19. The molecule has 0 atom stereocenters. The van der Waals surface area contributed by atoms with Crippen LogP contribution in [0.4, 0.5) is 5.69 Å². The normalized spacial score (nSPS) is 10.1. The Morgan fingerprint density at radius 3 is 2.43 bits per heavy atom. The first-order valence-electron chi connectivity index (χ1n) is 5.90. The molecule has 1 aromatic carbocycles. The molecule has 1 N–H and O–H groups in total. The summed E-state index contributed by atoms with van der Waals surface area (Å²) in [5, 5.41) is 3.21. The van der Waals surface area contributed by atoms with Gasteiger partial charge < -0.3 is 14.8 Å². The summed E-state index contributed by atoms with van der Waals surface area (Å²) in [6, 6.07) is 7.91. The Kier molecular flexibility index (Phi) is 4.88. The van der Waals surface area contributed by atoms with Crippen LogP contribution in [0, 0.1) is 0 Å². The first-order chi connectivity index (χ1) is 10.0. The van der Waals surface area contributed by atoms with Crippen molar-refractivity contribution >= 4 is 34.8 Å². The smallest absolute Gasteiger partial charge is 0.274 e. The van der Waals surface area contributed by atoms with Gasteiger partial charge in [-0.15, -0.1) is 0 Å². The number of carbonyl (C=O) groups is 1. The molecule has 0 spiro atoms. The molecule has 0 aliphatic heterocycles. The maximum absolute atomic E-state index is 12.1. The van der Waals surface area contributed by atoms with Gasteiger partial charge in [-0.25, -0.2) is 4.98 Å². The molecule has 5 nitrogen and oxygen atoms in total. The van der Waals surface area contributed by atoms with E-state index in [2.05, 4.69) is 10.3 Å². The lowest BCUT2D eigenvalue weighted by Gasteiger charge is -2.12. The van der Waals surface area contributed by atoms with Crippen LogP contribution in [0.25, 0.3) is 0 Å². The maximum atomic E-state index is 12.1. The fourth-order valence-corrected chi connectivity index (χ4v) is 2.04. The topological polar surface area (TPSA) is 60.5 Å². The molecular weight excluding hydrogens is 315 g/mol. The van der Waals surface area contributed by atoms with E-state index in [-0.39, 0.29) is 10.8 Å². The zero-order chi connectivity index (χ0) is 15.4. The molecule has 1 heterocycles. The van der Waals surface area contributed by atoms with Crippen LogP contribution < -0.4 is 14.8 Å². The number of hydrogen-bond acceptors (Lipinski definition) is 4. The monoisotopic (exact) mass is 326 g/mol. The van der Waals surface area contributed by atoms with Gasteiger partial charge in [0.2, 0.25) is 0 Å². The number of ether oxygens (including phenoxy) is 2. The van der Waals surface area contributed by atoms with Gasteiger partial charge in [-0.2, -0.15) is 0 Å². The first-order valence-corrected chi connectivity index (χ1v) is 6.66. The highest BCUT2D eigenvalue weighted by atomic mass is 35.5. The molecule has 7 heteroatoms. The van der Waals surface area contributed by atoms with Crippen LogP contribution in [-0.2, 0) is 0 Å². The van der Waals surface area contributed by atoms with Crippen molar-refractivity contribution in [3.05, 3.63) is 46.2 Å². The number of amides is 1. The van der Waals surface area contributed by atoms with Gasteiger partial charge in [0.05, 0.1) is 24.9 Å². The Hall–Kier alpha value is -1.98. The van der Waals surface area contributed by atoms with E-state index in [1.54, 1.807) is 30.3 Å². The van der Waals surface area contributed by atoms with Gasteiger partial charge in [0.15, 0.2) is 11.5 Å². The molecular formula is C14H12Cl2N2O3. The molecule has 0 saturated carbocycles. The molecule has 0 aliphatic rings. The minimum Gasteiger partial charge on any atom is -0.493 e. The van der Waals surface area contributed by atoms with Crippen LogP contribution in [0.1, 0.15) is 10.5 Å². The van der Waals surface area contributed by atoms with E-state index in [1.165, 1.54) is 14.2 Å². The van der Waals surface area contributed by atoms with Crippen molar-refractivity contribution in [2.45, 2.75) is 0 Å². The number of nitrogens with one attached hydrogen (secondary N) is 1. The molecule has 0 aliphatic carbocycles. The number of pyridine rings is 1. The van der Waals surface area contributed by atoms with Crippen LogP contribution in [0.15, 0.2) is 30.3 Å². The lowest BCUT2D eigenvalue weighted by Crippen LogP contribution is -2.14. The van der Waals surface area contributed by atoms with E-state index in [4.69, 9.17) is 32.7 Å². The van der Waals surface area contributed by atoms with Gasteiger partial charge in [-0.05, 0) is 12.1 Å². The van der Waals surface area contributed by atoms with Crippen molar-refractivity contribution in [1.82, 2.24) is 4.98 Å². The van der Waals surface area contributed by atoms with Gasteiger partial charge in [0, 0.05) is 12.1 Å². The van der Waals surface area contributed by atoms with Crippen molar-refractivity contribution in [1.29, 1.82) is 0 Å². The summed E-state index contributed by atoms with van der Waals surface area (Å²) < 4.78 is 10.3. The summed E-state index contributed by atoms with van der Waals surface area (Å²) in [6.07, 6.45) is 0. The molecule has 0 unspecified atom stereocenters. The van der Waals surface area contributed by atoms with E-state index in [0.29, 0.717) is 22.2 Å². The molecule has 0 fully saturated rings. The standard InChI is InChI=1S/C14H12Cl2N2O3/c1-20-11-6-8(15)10(7-12(11)21-2)18-14(19)9-4-3-5-13(16)17-9/h3-7H,1-2H3,(H,18,19). The number of aromatic nitrogens is 1. The number of carbonyl (C=O) groups excluding carboxylic acids is 1. The predicted molar refractivity (Wildman–Crippen MR) is 81.8 cm³/mol. The number of anilines is 1. The predicted octanol–water partition coefficient (Wildman–Crippen LogP) is 3.66. The lowest BCUT2D eigenvalue weighted by atomic mass is 10.2. The van der Waals surface area contributed by atoms with Crippen molar-refractivity contribution in [3.63, 3.8) is 0 Å². The number of rotatable bonds is 4. The minimum atomic E-state index is -0.424. The Morgan fingerprint density at radius 1 is 1.14 bits per heavy atom. The van der Waals surface area contributed by atoms with Gasteiger partial charge in [0.1, 0.15) is 10.8 Å². The fourth-order valence-electron chi connectivity index (χ4n) is 1.67. The second-order valence-corrected chi connectivity index (χ2v) is 4.78. The summed E-state index contributed by atoms with van der Waals surface area (Å²) in [4.78, 5) is 16.0. The Labute approximate surface area is 131 Å². The summed E-state index contributed by atoms with van der Waals surface area (Å²) in [7, 11) is 3.00. The molecule has 0 radical (unpaired) electrons. The van der Waals surface area contributed by atoms with Crippen molar-refractivity contribution < 1.29 is 14.3 Å². The summed E-state index contributed by atoms with van der Waals surface area (Å²) in [5.74, 6) is 0.504. The number of nitrogens with zero attached hydrogens (tertiary/aromatic N) is 1. The van der Waals surface area contributed by atoms with E-state index in [9.17, 15) is 4.79 Å². The van der Waals surface area contributed by atoms with Gasteiger partial charge >= 0.3 is 0 Å². The van der Waals surface area contributed by atoms with Crippen LogP contribution in [0.5, 0.6) is 11.5 Å². The number of halogens is 2. The van der Waals surface area contributed by atoms with E-state index < -0.39 is 5.91 Å². The molecule has 0 bridgehead atoms. The molecule has 1 aromatic heterocycles. The maximum Gasteiger partial charge on any atom is 0.274 e. The largest absolute Gasteiger partial charge is 0.493 e. The van der Waals surface area contributed by atoms with E-state index >= 15 is 0 Å². The van der Waals surface area contributed by atoms with Crippen molar-refractivity contribution in [3.8, 4) is 11.5 Å². The SMILES string of the molecule is COc1cc(Cl)c(NC(=O)c2cccc(Cl)n2)cc1OC. The molecule has 2 rings (SSSR count). The van der Waals surface area contributed by atoms with Crippen LogP contribution in [0.3, 0.4) is 0 Å². The van der Waals surface area contributed by atoms with Crippen LogP contribution >= 0.6 is 23.2 Å². The zero-order valence-corrected chi connectivity index (χ0v) is 12.8. The molecule has 110 valence electrons.